The predicted octanol–water partition coefficient (Wildman–Crippen LogP) is 3.39. The first kappa shape index (κ1) is 27.6. The number of nitrogens with one attached hydrogen (secondary N) is 1. The molecule has 4 heterocycles. The quantitative estimate of drug-likeness (QED) is 0.368. The van der Waals surface area contributed by atoms with E-state index >= 15 is 0 Å². The van der Waals surface area contributed by atoms with Crippen LogP contribution in [0.5, 0.6) is 5.75 Å². The molecule has 5 rings (SSSR count). The van der Waals surface area contributed by atoms with E-state index in [2.05, 4.69) is 46.7 Å². The number of aromatic nitrogens is 4. The largest absolute Gasteiger partial charge is 0.494 e. The fraction of sp³-hybridized carbons (Fsp3) is 0.448. The molecule has 3 N–H and O–H groups in total. The van der Waals surface area contributed by atoms with E-state index in [-0.39, 0.29) is 5.57 Å². The van der Waals surface area contributed by atoms with Gasteiger partial charge >= 0.3 is 0 Å². The molecule has 2 aromatic heterocycles. The summed E-state index contributed by atoms with van der Waals surface area (Å²) >= 11 is 0. The molecule has 1 aromatic carbocycles. The number of nitrogens with two attached hydrogens (primary N) is 1. The number of hydrogen-bond acceptors (Lipinski definition) is 9. The van der Waals surface area contributed by atoms with E-state index in [1.807, 2.05) is 23.7 Å². The van der Waals surface area contributed by atoms with Crippen LogP contribution in [-0.4, -0.2) is 77.1 Å². The van der Waals surface area contributed by atoms with E-state index in [1.165, 1.54) is 12.0 Å². The highest BCUT2D eigenvalue weighted by molar-refractivity contribution is 6.19. The molecular weight excluding hydrogens is 508 g/mol. The number of nitrogens with zero attached hydrogens (tertiary/aromatic N) is 6. The average molecular weight is 547 g/mol. The van der Waals surface area contributed by atoms with Crippen LogP contribution in [0.4, 0.5) is 17.3 Å². The zero-order valence-electron chi connectivity index (χ0n) is 23.7. The molecule has 2 fully saturated rings. The Bertz CT molecular complexity index is 1410. The van der Waals surface area contributed by atoms with E-state index < -0.39 is 5.91 Å². The van der Waals surface area contributed by atoms with Crippen LogP contribution < -0.4 is 20.7 Å². The van der Waals surface area contributed by atoms with Crippen LogP contribution in [-0.2, 0) is 16.1 Å². The molecule has 2 saturated heterocycles. The number of ether oxygens (including phenoxy) is 2. The molecule has 0 spiro atoms. The molecule has 40 heavy (non-hydrogen) atoms. The van der Waals surface area contributed by atoms with Crippen LogP contribution in [0.15, 0.2) is 31.1 Å². The first-order valence-electron chi connectivity index (χ1n) is 13.7. The zero-order valence-corrected chi connectivity index (χ0v) is 23.7. The van der Waals surface area contributed by atoms with Crippen molar-refractivity contribution in [3.05, 3.63) is 53.5 Å². The number of carbonyl (C=O) groups is 1. The van der Waals surface area contributed by atoms with Crippen molar-refractivity contribution < 1.29 is 14.3 Å². The van der Waals surface area contributed by atoms with Crippen molar-refractivity contribution in [2.24, 2.45) is 5.73 Å². The van der Waals surface area contributed by atoms with Gasteiger partial charge in [-0.15, -0.1) is 0 Å². The van der Waals surface area contributed by atoms with Gasteiger partial charge in [0.05, 0.1) is 31.7 Å². The van der Waals surface area contributed by atoms with E-state index in [4.69, 9.17) is 25.3 Å². The standard InChI is InChI=1S/C29H38N8O3/c1-18(2)26-21(16-35-7-6-8-35)17-37(34-26)28-19(3)15-31-29(33-28)32-23-13-22(20(4)27(30)38)24(14-25(23)39-5)36-9-11-40-12-10-36/h13-15,17-18H,4,6-12,16H2,1-3,5H3,(H2,30,38)(H,31,32,33). The minimum atomic E-state index is -0.590. The van der Waals surface area contributed by atoms with Crippen molar-refractivity contribution in [3.8, 4) is 11.6 Å². The molecule has 0 atom stereocenters. The topological polar surface area (TPSA) is 124 Å². The van der Waals surface area contributed by atoms with Crippen LogP contribution >= 0.6 is 0 Å². The molecule has 0 unspecified atom stereocenters. The van der Waals surface area contributed by atoms with Gasteiger partial charge in [0.2, 0.25) is 11.9 Å². The minimum absolute atomic E-state index is 0.213. The van der Waals surface area contributed by atoms with E-state index in [9.17, 15) is 4.79 Å². The highest BCUT2D eigenvalue weighted by atomic mass is 16.5. The molecule has 2 aliphatic heterocycles. The van der Waals surface area contributed by atoms with Gasteiger partial charge < -0.3 is 25.4 Å². The summed E-state index contributed by atoms with van der Waals surface area (Å²) in [5, 5.41) is 8.21. The molecule has 1 amide bonds. The molecule has 3 aromatic rings. The monoisotopic (exact) mass is 546 g/mol. The maximum Gasteiger partial charge on any atom is 0.248 e. The Morgan fingerprint density at radius 2 is 1.98 bits per heavy atom. The second kappa shape index (κ2) is 11.6. The van der Waals surface area contributed by atoms with Gasteiger partial charge in [-0.25, -0.2) is 9.67 Å². The SMILES string of the molecule is C=C(C(N)=O)c1cc(Nc2ncc(C)c(-n3cc(CN4CCC4)c(C(C)C)n3)n2)c(OC)cc1N1CCOCC1. The Labute approximate surface area is 235 Å². The van der Waals surface area contributed by atoms with Crippen molar-refractivity contribution in [3.63, 3.8) is 0 Å². The number of carbonyl (C=O) groups excluding carboxylic acids is 1. The minimum Gasteiger partial charge on any atom is -0.494 e. The molecule has 2 aliphatic rings. The van der Waals surface area contributed by atoms with Gasteiger partial charge in [0.25, 0.3) is 0 Å². The number of primary amides is 1. The van der Waals surface area contributed by atoms with Crippen molar-refractivity contribution in [2.75, 3.05) is 56.7 Å². The lowest BCUT2D eigenvalue weighted by molar-refractivity contribution is -0.112. The lowest BCUT2D eigenvalue weighted by atomic mass is 10.0. The van der Waals surface area contributed by atoms with Crippen molar-refractivity contribution in [1.29, 1.82) is 0 Å². The number of morpholine rings is 1. The van der Waals surface area contributed by atoms with Crippen LogP contribution in [0, 0.1) is 6.92 Å². The van der Waals surface area contributed by atoms with Crippen molar-refractivity contribution >= 4 is 28.8 Å². The summed E-state index contributed by atoms with van der Waals surface area (Å²) in [6.07, 6.45) is 5.10. The smallest absolute Gasteiger partial charge is 0.248 e. The van der Waals surface area contributed by atoms with Gasteiger partial charge in [0, 0.05) is 66.0 Å². The predicted molar refractivity (Wildman–Crippen MR) is 155 cm³/mol. The van der Waals surface area contributed by atoms with Crippen LogP contribution in [0.2, 0.25) is 0 Å². The normalized spacial score (nSPS) is 15.7. The number of anilines is 3. The lowest BCUT2D eigenvalue weighted by Crippen LogP contribution is -2.37. The number of aryl methyl sites for hydroxylation is 1. The van der Waals surface area contributed by atoms with Crippen LogP contribution in [0.25, 0.3) is 11.4 Å². The van der Waals surface area contributed by atoms with Gasteiger partial charge in [0.15, 0.2) is 5.82 Å². The molecule has 0 aliphatic carbocycles. The van der Waals surface area contributed by atoms with E-state index in [1.54, 1.807) is 13.3 Å². The van der Waals surface area contributed by atoms with Gasteiger partial charge in [0.1, 0.15) is 5.75 Å². The lowest BCUT2D eigenvalue weighted by Gasteiger charge is -2.31. The van der Waals surface area contributed by atoms with Crippen LogP contribution in [0.1, 0.15) is 48.6 Å². The van der Waals surface area contributed by atoms with Gasteiger partial charge in [-0.3, -0.25) is 9.69 Å². The number of benzene rings is 1. The summed E-state index contributed by atoms with van der Waals surface area (Å²) in [4.78, 5) is 26.1. The molecule has 212 valence electrons. The maximum atomic E-state index is 12.2. The Morgan fingerprint density at radius 3 is 2.60 bits per heavy atom. The summed E-state index contributed by atoms with van der Waals surface area (Å²) in [5.74, 6) is 1.35. The molecule has 0 bridgehead atoms. The summed E-state index contributed by atoms with van der Waals surface area (Å²) in [6, 6.07) is 3.70. The van der Waals surface area contributed by atoms with Gasteiger partial charge in [-0.05, 0) is 38.4 Å². The second-order valence-corrected chi connectivity index (χ2v) is 10.6. The third-order valence-corrected chi connectivity index (χ3v) is 7.41. The first-order valence-corrected chi connectivity index (χ1v) is 13.7. The van der Waals surface area contributed by atoms with E-state index in [0.717, 1.165) is 36.6 Å². The molecule has 11 heteroatoms. The number of hydrogen-bond donors (Lipinski definition) is 2. The Morgan fingerprint density at radius 1 is 1.23 bits per heavy atom. The number of methoxy groups -OCH3 is 1. The van der Waals surface area contributed by atoms with Gasteiger partial charge in [-0.1, -0.05) is 20.4 Å². The van der Waals surface area contributed by atoms with Crippen molar-refractivity contribution in [1.82, 2.24) is 24.6 Å². The molecule has 11 nitrogen and oxygen atoms in total. The number of likely N-dealkylation sites (tertiary alicyclic amines) is 1. The molecule has 0 saturated carbocycles. The molecular formula is C29H38N8O3. The first-order chi connectivity index (χ1) is 19.2. The maximum absolute atomic E-state index is 12.2. The summed E-state index contributed by atoms with van der Waals surface area (Å²) in [6.45, 7) is 15.9. The third kappa shape index (κ3) is 5.66. The fourth-order valence-corrected chi connectivity index (χ4v) is 5.04. The Balaban J connectivity index is 1.50. The third-order valence-electron chi connectivity index (χ3n) is 7.41. The number of amides is 1. The summed E-state index contributed by atoms with van der Waals surface area (Å²) in [5.41, 5.74) is 11.1. The fourth-order valence-electron chi connectivity index (χ4n) is 5.04. The van der Waals surface area contributed by atoms with Crippen molar-refractivity contribution in [2.45, 2.75) is 39.7 Å². The molecule has 0 radical (unpaired) electrons. The Hall–Kier alpha value is -3.96. The second-order valence-electron chi connectivity index (χ2n) is 10.6. The van der Waals surface area contributed by atoms with Crippen LogP contribution in [0.3, 0.4) is 0 Å². The number of rotatable bonds is 10. The summed E-state index contributed by atoms with van der Waals surface area (Å²) in [7, 11) is 1.60. The zero-order chi connectivity index (χ0) is 28.4. The van der Waals surface area contributed by atoms with E-state index in [0.29, 0.717) is 61.0 Å². The van der Waals surface area contributed by atoms with Gasteiger partial charge in [-0.2, -0.15) is 10.1 Å². The Kier molecular flexibility index (Phi) is 8.04. The highest BCUT2D eigenvalue weighted by Crippen LogP contribution is 2.38. The average Bonchev–Trinajstić information content (AvgIpc) is 3.35. The highest BCUT2D eigenvalue weighted by Gasteiger charge is 2.23. The summed E-state index contributed by atoms with van der Waals surface area (Å²) < 4.78 is 13.1.